The summed E-state index contributed by atoms with van der Waals surface area (Å²) in [6, 6.07) is 8.82. The van der Waals surface area contributed by atoms with E-state index < -0.39 is 22.1 Å². The number of carbonyl (C=O) groups excluding carboxylic acids is 1. The minimum Gasteiger partial charge on any atom is -0.493 e. The third-order valence-electron chi connectivity index (χ3n) is 4.93. The van der Waals surface area contributed by atoms with E-state index >= 15 is 0 Å². The molecule has 0 aliphatic carbocycles. The van der Waals surface area contributed by atoms with Gasteiger partial charge in [0, 0.05) is 31.7 Å². The molecule has 0 spiro atoms. The first-order chi connectivity index (χ1) is 15.5. The first-order valence-electron chi connectivity index (χ1n) is 10.0. The second-order valence-corrected chi connectivity index (χ2v) is 8.95. The van der Waals surface area contributed by atoms with Crippen molar-refractivity contribution in [3.05, 3.63) is 48.0 Å². The molecule has 2 aromatic rings. The van der Waals surface area contributed by atoms with Gasteiger partial charge < -0.3 is 19.1 Å². The van der Waals surface area contributed by atoms with Crippen LogP contribution in [0, 0.1) is 0 Å². The van der Waals surface area contributed by atoms with Crippen LogP contribution in [-0.2, 0) is 10.0 Å². The molecule has 1 fully saturated rings. The lowest BCUT2D eigenvalue weighted by Gasteiger charge is -2.34. The minimum atomic E-state index is -4.86. The monoisotopic (exact) mass is 488 g/mol. The summed E-state index contributed by atoms with van der Waals surface area (Å²) in [5.41, 5.74) is 0.385. The smallest absolute Gasteiger partial charge is 0.493 e. The molecule has 1 heterocycles. The van der Waals surface area contributed by atoms with Crippen LogP contribution in [0.4, 0.5) is 13.2 Å². The van der Waals surface area contributed by atoms with E-state index in [1.54, 1.807) is 18.2 Å². The molecule has 2 aromatic carbocycles. The summed E-state index contributed by atoms with van der Waals surface area (Å²) >= 11 is 0. The number of hydrogen-bond donors (Lipinski definition) is 0. The molecule has 8 nitrogen and oxygen atoms in total. The summed E-state index contributed by atoms with van der Waals surface area (Å²) in [4.78, 5) is 14.3. The van der Waals surface area contributed by atoms with E-state index in [1.165, 1.54) is 16.3 Å². The summed E-state index contributed by atoms with van der Waals surface area (Å²) < 4.78 is 78.2. The van der Waals surface area contributed by atoms with Gasteiger partial charge in [-0.1, -0.05) is 0 Å². The molecule has 0 saturated carbocycles. The minimum absolute atomic E-state index is 0.0450. The number of carbonyl (C=O) groups is 1. The number of rotatable bonds is 7. The Balaban J connectivity index is 1.66. The van der Waals surface area contributed by atoms with E-state index in [0.29, 0.717) is 23.7 Å². The average molecular weight is 488 g/mol. The Morgan fingerprint density at radius 1 is 1.00 bits per heavy atom. The highest BCUT2D eigenvalue weighted by Crippen LogP contribution is 2.29. The molecule has 3 rings (SSSR count). The summed E-state index contributed by atoms with van der Waals surface area (Å²) in [5.74, 6) is 0.146. The number of benzene rings is 2. The third kappa shape index (κ3) is 5.88. The Bertz CT molecular complexity index is 1080. The molecule has 0 N–H and O–H groups in total. The number of halogens is 3. The van der Waals surface area contributed by atoms with Crippen molar-refractivity contribution in [1.82, 2.24) is 9.21 Å². The fourth-order valence-corrected chi connectivity index (χ4v) is 4.78. The fourth-order valence-electron chi connectivity index (χ4n) is 3.35. The molecule has 180 valence electrons. The van der Waals surface area contributed by atoms with E-state index in [9.17, 15) is 26.4 Å². The number of ether oxygens (including phenoxy) is 3. The van der Waals surface area contributed by atoms with Crippen LogP contribution in [0.25, 0.3) is 0 Å². The molecule has 0 atom stereocenters. The van der Waals surface area contributed by atoms with Gasteiger partial charge in [0.15, 0.2) is 11.5 Å². The quantitative estimate of drug-likeness (QED) is 0.596. The van der Waals surface area contributed by atoms with E-state index in [4.69, 9.17) is 9.47 Å². The number of hydrogen-bond acceptors (Lipinski definition) is 6. The maximum atomic E-state index is 12.9. The van der Waals surface area contributed by atoms with E-state index in [0.717, 1.165) is 24.3 Å². The van der Waals surface area contributed by atoms with Crippen molar-refractivity contribution in [2.75, 3.05) is 39.9 Å². The Hall–Kier alpha value is -2.99. The van der Waals surface area contributed by atoms with Crippen LogP contribution in [0.5, 0.6) is 17.2 Å². The van der Waals surface area contributed by atoms with Gasteiger partial charge in [0.05, 0.1) is 18.6 Å². The van der Waals surface area contributed by atoms with Crippen LogP contribution >= 0.6 is 0 Å². The molecule has 0 aromatic heterocycles. The maximum Gasteiger partial charge on any atom is 0.573 e. The summed E-state index contributed by atoms with van der Waals surface area (Å²) in [7, 11) is -2.44. The lowest BCUT2D eigenvalue weighted by Crippen LogP contribution is -2.50. The predicted octanol–water partition coefficient (Wildman–Crippen LogP) is 3.14. The number of nitrogens with zero attached hydrogens (tertiary/aromatic N) is 2. The predicted molar refractivity (Wildman–Crippen MR) is 112 cm³/mol. The van der Waals surface area contributed by atoms with Crippen molar-refractivity contribution < 1.29 is 40.6 Å². The number of amides is 1. The van der Waals surface area contributed by atoms with Gasteiger partial charge in [-0.25, -0.2) is 8.42 Å². The fraction of sp³-hybridized carbons (Fsp3) is 0.381. The van der Waals surface area contributed by atoms with Crippen LogP contribution < -0.4 is 14.2 Å². The first kappa shape index (κ1) is 24.6. The normalized spacial score (nSPS) is 15.2. The Labute approximate surface area is 189 Å². The Morgan fingerprint density at radius 3 is 2.18 bits per heavy atom. The van der Waals surface area contributed by atoms with Crippen molar-refractivity contribution in [3.63, 3.8) is 0 Å². The van der Waals surface area contributed by atoms with Crippen molar-refractivity contribution in [3.8, 4) is 17.2 Å². The van der Waals surface area contributed by atoms with Gasteiger partial charge in [-0.3, -0.25) is 4.79 Å². The van der Waals surface area contributed by atoms with Crippen LogP contribution in [0.2, 0.25) is 0 Å². The molecule has 33 heavy (non-hydrogen) atoms. The standard InChI is InChI=1S/C21H23F3N2O6S/c1-3-31-19-14-15(4-9-18(19)30-2)20(27)25-10-12-26(13-11-25)33(28,29)17-7-5-16(6-8-17)32-21(22,23)24/h4-9,14H,3,10-13H2,1-2H3. The van der Waals surface area contributed by atoms with Crippen LogP contribution in [0.15, 0.2) is 47.4 Å². The number of methoxy groups -OCH3 is 1. The van der Waals surface area contributed by atoms with Gasteiger partial charge >= 0.3 is 6.36 Å². The molecule has 1 saturated heterocycles. The summed E-state index contributed by atoms with van der Waals surface area (Å²) in [5, 5.41) is 0. The van der Waals surface area contributed by atoms with E-state index in [-0.39, 0.29) is 37.0 Å². The average Bonchev–Trinajstić information content (AvgIpc) is 2.78. The van der Waals surface area contributed by atoms with Gasteiger partial charge in [-0.15, -0.1) is 13.2 Å². The second-order valence-electron chi connectivity index (χ2n) is 7.01. The van der Waals surface area contributed by atoms with Crippen molar-refractivity contribution >= 4 is 15.9 Å². The van der Waals surface area contributed by atoms with Gasteiger partial charge in [-0.2, -0.15) is 4.31 Å². The van der Waals surface area contributed by atoms with Gasteiger partial charge in [0.2, 0.25) is 10.0 Å². The zero-order valence-corrected chi connectivity index (χ0v) is 18.8. The van der Waals surface area contributed by atoms with E-state index in [2.05, 4.69) is 4.74 Å². The lowest BCUT2D eigenvalue weighted by molar-refractivity contribution is -0.274. The number of alkyl halides is 3. The molecule has 12 heteroatoms. The summed E-state index contributed by atoms with van der Waals surface area (Å²) in [6.07, 6.45) is -4.86. The first-order valence-corrected chi connectivity index (χ1v) is 11.4. The lowest BCUT2D eigenvalue weighted by atomic mass is 10.1. The highest BCUT2D eigenvalue weighted by atomic mass is 32.2. The molecule has 1 aliphatic rings. The third-order valence-corrected chi connectivity index (χ3v) is 6.84. The van der Waals surface area contributed by atoms with Crippen molar-refractivity contribution in [2.45, 2.75) is 18.2 Å². The maximum absolute atomic E-state index is 12.9. The Morgan fingerprint density at radius 2 is 1.64 bits per heavy atom. The van der Waals surface area contributed by atoms with Crippen molar-refractivity contribution in [1.29, 1.82) is 0 Å². The largest absolute Gasteiger partial charge is 0.573 e. The Kier molecular flexibility index (Phi) is 7.38. The van der Waals surface area contributed by atoms with Crippen LogP contribution in [-0.4, -0.2) is 69.8 Å². The van der Waals surface area contributed by atoms with E-state index in [1.807, 2.05) is 6.92 Å². The number of sulfonamides is 1. The van der Waals surface area contributed by atoms with Gasteiger partial charge in [0.25, 0.3) is 5.91 Å². The van der Waals surface area contributed by atoms with Crippen LogP contribution in [0.3, 0.4) is 0 Å². The molecule has 0 bridgehead atoms. The summed E-state index contributed by atoms with van der Waals surface area (Å²) in [6.45, 7) is 2.61. The molecule has 0 unspecified atom stereocenters. The molecular weight excluding hydrogens is 465 g/mol. The topological polar surface area (TPSA) is 85.4 Å². The SMILES string of the molecule is CCOc1cc(C(=O)N2CCN(S(=O)(=O)c3ccc(OC(F)(F)F)cc3)CC2)ccc1OC. The van der Waals surface area contributed by atoms with Gasteiger partial charge in [0.1, 0.15) is 5.75 Å². The molecule has 1 amide bonds. The zero-order chi connectivity index (χ0) is 24.2. The molecule has 0 radical (unpaired) electrons. The zero-order valence-electron chi connectivity index (χ0n) is 18.0. The second kappa shape index (κ2) is 9.87. The highest BCUT2D eigenvalue weighted by molar-refractivity contribution is 7.89. The van der Waals surface area contributed by atoms with Crippen molar-refractivity contribution in [2.24, 2.45) is 0 Å². The molecule has 1 aliphatic heterocycles. The highest BCUT2D eigenvalue weighted by Gasteiger charge is 2.33. The van der Waals surface area contributed by atoms with Gasteiger partial charge in [-0.05, 0) is 49.4 Å². The molecular formula is C21H23F3N2O6S. The number of piperazine rings is 1. The van der Waals surface area contributed by atoms with Crippen LogP contribution in [0.1, 0.15) is 17.3 Å².